The number of benzene rings is 1. The summed E-state index contributed by atoms with van der Waals surface area (Å²) in [4.78, 5) is 4.20. The third-order valence-corrected chi connectivity index (χ3v) is 3.20. The van der Waals surface area contributed by atoms with E-state index < -0.39 is 0 Å². The first kappa shape index (κ1) is 9.31. The van der Waals surface area contributed by atoms with E-state index in [-0.39, 0.29) is 0 Å². The van der Waals surface area contributed by atoms with Gasteiger partial charge in [-0.1, -0.05) is 5.92 Å². The van der Waals surface area contributed by atoms with Crippen LogP contribution in [0.1, 0.15) is 5.56 Å². The van der Waals surface area contributed by atoms with Crippen LogP contribution in [-0.2, 0) is 0 Å². The topological polar surface area (TPSA) is 12.9 Å². The molecule has 0 atom stereocenters. The highest BCUT2D eigenvalue weighted by Crippen LogP contribution is 2.18. The Labute approximate surface area is 96.5 Å². The molecule has 1 aromatic heterocycles. The molecule has 0 N–H and O–H groups in total. The molecule has 1 heterocycles. The van der Waals surface area contributed by atoms with Crippen LogP contribution >= 0.6 is 41.5 Å². The van der Waals surface area contributed by atoms with E-state index in [4.69, 9.17) is 0 Å². The maximum atomic E-state index is 4.20. The number of halogens is 1. The highest BCUT2D eigenvalue weighted by Gasteiger charge is 1.95. The van der Waals surface area contributed by atoms with E-state index in [1.54, 1.807) is 11.3 Å². The van der Waals surface area contributed by atoms with E-state index in [2.05, 4.69) is 43.4 Å². The van der Waals surface area contributed by atoms with Gasteiger partial charge in [0.25, 0.3) is 0 Å². The minimum Gasteiger partial charge on any atom is -0.245 e. The van der Waals surface area contributed by atoms with E-state index in [1.807, 2.05) is 17.6 Å². The zero-order valence-electron chi connectivity index (χ0n) is 6.45. The summed E-state index contributed by atoms with van der Waals surface area (Å²) in [6.07, 6.45) is 0. The molecule has 1 nitrogen and oxygen atoms in total. The van der Waals surface area contributed by atoms with Crippen LogP contribution in [0.15, 0.2) is 23.7 Å². The lowest BCUT2D eigenvalue weighted by atomic mass is 10.2. The van der Waals surface area contributed by atoms with Crippen LogP contribution in [0, 0.1) is 11.2 Å². The van der Waals surface area contributed by atoms with Crippen molar-refractivity contribution in [1.82, 2.24) is 4.98 Å². The van der Waals surface area contributed by atoms with Crippen molar-refractivity contribution < 1.29 is 0 Å². The Morgan fingerprint density at radius 3 is 3.23 bits per heavy atom. The summed E-state index contributed by atoms with van der Waals surface area (Å²) in [7, 11) is 1.50. The second-order valence-electron chi connectivity index (χ2n) is 2.34. The van der Waals surface area contributed by atoms with Crippen molar-refractivity contribution in [3.63, 3.8) is 0 Å². The van der Waals surface area contributed by atoms with Gasteiger partial charge in [-0.25, -0.2) is 4.98 Å². The van der Waals surface area contributed by atoms with Gasteiger partial charge in [-0.2, -0.15) is 0 Å². The standard InChI is InChI=1S/C9H4INS2/c10-13-4-3-7-1-2-8-9(5-7)12-6-11-8/h1-2,5-6H. The van der Waals surface area contributed by atoms with Crippen LogP contribution in [0.25, 0.3) is 10.2 Å². The summed E-state index contributed by atoms with van der Waals surface area (Å²) in [5, 5.41) is 2.96. The summed E-state index contributed by atoms with van der Waals surface area (Å²) in [5.74, 6) is 3.06. The lowest BCUT2D eigenvalue weighted by Crippen LogP contribution is -1.72. The zero-order chi connectivity index (χ0) is 9.10. The molecule has 0 saturated heterocycles. The number of aromatic nitrogens is 1. The van der Waals surface area contributed by atoms with Gasteiger partial charge < -0.3 is 0 Å². The smallest absolute Gasteiger partial charge is 0.0812 e. The van der Waals surface area contributed by atoms with Crippen LogP contribution in [0.5, 0.6) is 0 Å². The zero-order valence-corrected chi connectivity index (χ0v) is 10.2. The Morgan fingerprint density at radius 2 is 2.38 bits per heavy atom. The molecule has 2 aromatic rings. The van der Waals surface area contributed by atoms with Crippen molar-refractivity contribution >= 4 is 51.7 Å². The summed E-state index contributed by atoms with van der Waals surface area (Å²) in [6.45, 7) is 0. The van der Waals surface area contributed by atoms with Gasteiger partial charge in [0.15, 0.2) is 0 Å². The van der Waals surface area contributed by atoms with Crippen molar-refractivity contribution in [1.29, 1.82) is 0 Å². The Kier molecular flexibility index (Phi) is 3.09. The van der Waals surface area contributed by atoms with Gasteiger partial charge in [0.05, 0.1) is 15.7 Å². The minimum atomic E-state index is 1.05. The highest BCUT2D eigenvalue weighted by atomic mass is 127. The van der Waals surface area contributed by atoms with Crippen molar-refractivity contribution in [3.8, 4) is 11.2 Å². The highest BCUT2D eigenvalue weighted by molar-refractivity contribution is 14.2. The summed E-state index contributed by atoms with van der Waals surface area (Å²) < 4.78 is 1.20. The first-order valence-electron chi connectivity index (χ1n) is 3.52. The average Bonchev–Trinajstić information content (AvgIpc) is 2.61. The van der Waals surface area contributed by atoms with Gasteiger partial charge in [-0.05, 0) is 32.4 Å². The molecule has 0 amide bonds. The molecule has 0 saturated carbocycles. The van der Waals surface area contributed by atoms with Crippen molar-refractivity contribution in [2.45, 2.75) is 0 Å². The Hall–Kier alpha value is -0.250. The third kappa shape index (κ3) is 2.16. The summed E-state index contributed by atoms with van der Waals surface area (Å²) in [5.41, 5.74) is 3.97. The molecule has 4 heteroatoms. The molecule has 13 heavy (non-hydrogen) atoms. The maximum absolute atomic E-state index is 4.20. The van der Waals surface area contributed by atoms with Gasteiger partial charge in [0.2, 0.25) is 0 Å². The lowest BCUT2D eigenvalue weighted by molar-refractivity contribution is 1.50. The van der Waals surface area contributed by atoms with Crippen LogP contribution in [0.2, 0.25) is 0 Å². The predicted molar refractivity (Wildman–Crippen MR) is 68.1 cm³/mol. The summed E-state index contributed by atoms with van der Waals surface area (Å²) in [6, 6.07) is 6.09. The molecule has 0 spiro atoms. The maximum Gasteiger partial charge on any atom is 0.0812 e. The number of hydrogen-bond donors (Lipinski definition) is 0. The molecule has 0 bridgehead atoms. The van der Waals surface area contributed by atoms with Gasteiger partial charge in [0, 0.05) is 26.8 Å². The lowest BCUT2D eigenvalue weighted by Gasteiger charge is -1.88. The fraction of sp³-hybridized carbons (Fsp3) is 0. The summed E-state index contributed by atoms with van der Waals surface area (Å²) >= 11 is 3.81. The monoisotopic (exact) mass is 317 g/mol. The molecule has 1 aromatic carbocycles. The second kappa shape index (κ2) is 4.31. The van der Waals surface area contributed by atoms with Crippen LogP contribution in [0.4, 0.5) is 0 Å². The first-order chi connectivity index (χ1) is 6.40. The molecule has 0 aliphatic rings. The van der Waals surface area contributed by atoms with Crippen molar-refractivity contribution in [2.75, 3.05) is 0 Å². The van der Waals surface area contributed by atoms with Crippen molar-refractivity contribution in [3.05, 3.63) is 29.3 Å². The predicted octanol–water partition coefficient (Wildman–Crippen LogP) is 3.69. The van der Waals surface area contributed by atoms with E-state index in [9.17, 15) is 0 Å². The number of thiazole rings is 1. The number of fused-ring (bicyclic) bond motifs is 1. The normalized spacial score (nSPS) is 9.62. The molecule has 0 aliphatic heterocycles. The fourth-order valence-electron chi connectivity index (χ4n) is 1.01. The molecule has 0 radical (unpaired) electrons. The largest absolute Gasteiger partial charge is 0.245 e. The Morgan fingerprint density at radius 1 is 1.46 bits per heavy atom. The second-order valence-corrected chi connectivity index (χ2v) is 4.91. The quantitative estimate of drug-likeness (QED) is 0.543. The van der Waals surface area contributed by atoms with Gasteiger partial charge in [-0.15, -0.1) is 11.3 Å². The number of rotatable bonds is 0. The van der Waals surface area contributed by atoms with Crippen LogP contribution < -0.4 is 0 Å². The third-order valence-electron chi connectivity index (χ3n) is 1.57. The van der Waals surface area contributed by atoms with E-state index in [0.29, 0.717) is 0 Å². The van der Waals surface area contributed by atoms with E-state index in [0.717, 1.165) is 11.1 Å². The number of hydrogen-bond acceptors (Lipinski definition) is 3. The number of nitrogens with zero attached hydrogens (tertiary/aromatic N) is 1. The Bertz CT molecular complexity index is 481. The SMILES string of the molecule is ISC#Cc1ccc2ncsc2c1. The molecule has 64 valence electrons. The van der Waals surface area contributed by atoms with Gasteiger partial charge in [0.1, 0.15) is 0 Å². The first-order valence-corrected chi connectivity index (χ1v) is 7.76. The molecular weight excluding hydrogens is 313 g/mol. The van der Waals surface area contributed by atoms with Gasteiger partial charge in [-0.3, -0.25) is 0 Å². The molecular formula is C9H4INS2. The Balaban J connectivity index is 2.48. The van der Waals surface area contributed by atoms with Crippen LogP contribution in [0.3, 0.4) is 0 Å². The minimum absolute atomic E-state index is 1.05. The fourth-order valence-corrected chi connectivity index (χ4v) is 2.21. The van der Waals surface area contributed by atoms with Crippen molar-refractivity contribution in [2.24, 2.45) is 0 Å². The van der Waals surface area contributed by atoms with Crippen LogP contribution in [-0.4, -0.2) is 4.98 Å². The van der Waals surface area contributed by atoms with E-state index >= 15 is 0 Å². The average molecular weight is 317 g/mol. The molecule has 0 unspecified atom stereocenters. The molecule has 0 aliphatic carbocycles. The van der Waals surface area contributed by atoms with Gasteiger partial charge >= 0.3 is 0 Å². The molecule has 0 fully saturated rings. The van der Waals surface area contributed by atoms with E-state index in [1.165, 1.54) is 13.6 Å². The molecule has 2 rings (SSSR count).